The minimum atomic E-state index is -2.94. The standard InChI is InChI=1S/C44H68N2O4S/c1-27(2)30-11-18-44(45-21-24-46-22-14-29(15-23-46)51(8,49)50)20-19-42(6)34(38(30)44)9-10-36-41(5)16-12-33(28-25-31-32(26-28)37(31)39(47)48)40(3,4)35(41)13-17-43(36,42)7/h12,25,29-32,34-38,45H,1,9-11,13-24,26H2,2-8H3,(H,47,48). The highest BCUT2D eigenvalue weighted by Crippen LogP contribution is 2.77. The average molecular weight is 721 g/mol. The summed E-state index contributed by atoms with van der Waals surface area (Å²) in [6, 6.07) is 0. The largest absolute Gasteiger partial charge is 0.481 e. The molecule has 6 fully saturated rings. The van der Waals surface area contributed by atoms with E-state index in [0.717, 1.165) is 51.9 Å². The zero-order chi connectivity index (χ0) is 36.5. The lowest BCUT2D eigenvalue weighted by molar-refractivity contribution is -0.221. The Morgan fingerprint density at radius 1 is 0.961 bits per heavy atom. The number of carbonyl (C=O) groups is 1. The summed E-state index contributed by atoms with van der Waals surface area (Å²) in [6.07, 6.45) is 20.4. The van der Waals surface area contributed by atoms with Gasteiger partial charge in [0.15, 0.2) is 0 Å². The molecule has 284 valence electrons. The van der Waals surface area contributed by atoms with Crippen molar-refractivity contribution in [2.24, 2.45) is 69.0 Å². The van der Waals surface area contributed by atoms with Gasteiger partial charge in [-0.3, -0.25) is 4.79 Å². The number of carboxylic acids is 1. The molecule has 0 spiro atoms. The Morgan fingerprint density at radius 3 is 2.31 bits per heavy atom. The maximum Gasteiger partial charge on any atom is 0.307 e. The van der Waals surface area contributed by atoms with Crippen molar-refractivity contribution in [3.05, 3.63) is 35.5 Å². The van der Waals surface area contributed by atoms with Gasteiger partial charge >= 0.3 is 5.97 Å². The van der Waals surface area contributed by atoms with Crippen LogP contribution in [-0.2, 0) is 14.6 Å². The summed E-state index contributed by atoms with van der Waals surface area (Å²) in [5, 5.41) is 13.7. The molecule has 1 heterocycles. The van der Waals surface area contributed by atoms with Crippen molar-refractivity contribution in [2.75, 3.05) is 32.4 Å². The van der Waals surface area contributed by atoms with Crippen LogP contribution in [0.15, 0.2) is 35.5 Å². The summed E-state index contributed by atoms with van der Waals surface area (Å²) in [7, 11) is -2.94. The van der Waals surface area contributed by atoms with E-state index in [9.17, 15) is 18.3 Å². The summed E-state index contributed by atoms with van der Waals surface area (Å²) in [6.45, 7) is 23.9. The smallest absolute Gasteiger partial charge is 0.307 e. The van der Waals surface area contributed by atoms with Crippen molar-refractivity contribution in [3.63, 3.8) is 0 Å². The minimum absolute atomic E-state index is 0.107. The van der Waals surface area contributed by atoms with Gasteiger partial charge < -0.3 is 15.3 Å². The van der Waals surface area contributed by atoms with E-state index in [1.165, 1.54) is 68.8 Å². The van der Waals surface area contributed by atoms with Crippen LogP contribution in [-0.4, -0.2) is 67.6 Å². The Bertz CT molecular complexity index is 1640. The molecule has 8 aliphatic rings. The minimum Gasteiger partial charge on any atom is -0.481 e. The van der Waals surface area contributed by atoms with Crippen LogP contribution in [0.5, 0.6) is 0 Å². The predicted octanol–water partition coefficient (Wildman–Crippen LogP) is 8.31. The molecule has 5 saturated carbocycles. The molecule has 0 aromatic rings. The molecule has 12 unspecified atom stereocenters. The Labute approximate surface area is 309 Å². The molecule has 0 bridgehead atoms. The van der Waals surface area contributed by atoms with Crippen LogP contribution < -0.4 is 5.32 Å². The molecule has 7 heteroatoms. The van der Waals surface area contributed by atoms with Crippen molar-refractivity contribution in [1.82, 2.24) is 10.2 Å². The molecule has 51 heavy (non-hydrogen) atoms. The van der Waals surface area contributed by atoms with Gasteiger partial charge in [-0.15, -0.1) is 0 Å². The Kier molecular flexibility index (Phi) is 8.62. The molecule has 7 aliphatic carbocycles. The first-order valence-corrected chi connectivity index (χ1v) is 22.8. The molecule has 0 aromatic carbocycles. The molecule has 6 nitrogen and oxygen atoms in total. The third kappa shape index (κ3) is 5.33. The molecule has 1 aliphatic heterocycles. The normalized spacial score (nSPS) is 47.6. The van der Waals surface area contributed by atoms with E-state index in [4.69, 9.17) is 0 Å². The number of hydrogen-bond acceptors (Lipinski definition) is 5. The monoisotopic (exact) mass is 720 g/mol. The average Bonchev–Trinajstić information content (AvgIpc) is 3.35. The van der Waals surface area contributed by atoms with Gasteiger partial charge in [-0.2, -0.15) is 0 Å². The Hall–Kier alpha value is -1.44. The quantitative estimate of drug-likeness (QED) is 0.246. The van der Waals surface area contributed by atoms with Crippen molar-refractivity contribution >= 4 is 15.8 Å². The summed E-state index contributed by atoms with van der Waals surface area (Å²) < 4.78 is 24.3. The zero-order valence-corrected chi connectivity index (χ0v) is 33.7. The number of piperidine rings is 1. The fraction of sp³-hybridized carbons (Fsp3) is 0.841. The predicted molar refractivity (Wildman–Crippen MR) is 206 cm³/mol. The molecular weight excluding hydrogens is 653 g/mol. The summed E-state index contributed by atoms with van der Waals surface area (Å²) in [5.41, 5.74) is 5.59. The summed E-state index contributed by atoms with van der Waals surface area (Å²) in [5.74, 6) is 3.14. The lowest BCUT2D eigenvalue weighted by Crippen LogP contribution is -2.68. The van der Waals surface area contributed by atoms with Crippen LogP contribution in [0, 0.1) is 69.0 Å². The first-order valence-electron chi connectivity index (χ1n) is 20.8. The van der Waals surface area contributed by atoms with Gasteiger partial charge in [0.05, 0.1) is 11.2 Å². The van der Waals surface area contributed by atoms with Crippen molar-refractivity contribution in [3.8, 4) is 0 Å². The van der Waals surface area contributed by atoms with Crippen LogP contribution in [0.1, 0.15) is 119 Å². The van der Waals surface area contributed by atoms with Crippen LogP contribution in [0.25, 0.3) is 0 Å². The van der Waals surface area contributed by atoms with Crippen molar-refractivity contribution in [2.45, 2.75) is 129 Å². The number of carboxylic acid groups (broad SMARTS) is 1. The third-order valence-electron chi connectivity index (χ3n) is 18.4. The van der Waals surface area contributed by atoms with Gasteiger partial charge in [-0.1, -0.05) is 58.9 Å². The fourth-order valence-corrected chi connectivity index (χ4v) is 16.7. The van der Waals surface area contributed by atoms with E-state index in [0.29, 0.717) is 46.3 Å². The number of sulfone groups is 1. The van der Waals surface area contributed by atoms with Crippen molar-refractivity contribution < 1.29 is 18.3 Å². The third-order valence-corrected chi connectivity index (χ3v) is 20.1. The van der Waals surface area contributed by atoms with E-state index in [1.54, 1.807) is 5.57 Å². The number of fused-ring (bicyclic) bond motifs is 8. The molecule has 0 amide bonds. The van der Waals surface area contributed by atoms with Gasteiger partial charge in [0.2, 0.25) is 0 Å². The number of rotatable bonds is 8. The second-order valence-corrected chi connectivity index (χ2v) is 23.0. The van der Waals surface area contributed by atoms with Crippen LogP contribution in [0.4, 0.5) is 0 Å². The number of hydrogen-bond donors (Lipinski definition) is 2. The Morgan fingerprint density at radius 2 is 1.69 bits per heavy atom. The van der Waals surface area contributed by atoms with Crippen LogP contribution >= 0.6 is 0 Å². The van der Waals surface area contributed by atoms with E-state index in [2.05, 4.69) is 70.5 Å². The second kappa shape index (κ2) is 12.0. The van der Waals surface area contributed by atoms with Gasteiger partial charge in [0.25, 0.3) is 0 Å². The molecular formula is C44H68N2O4S. The van der Waals surface area contributed by atoms with E-state index >= 15 is 0 Å². The highest BCUT2D eigenvalue weighted by Gasteiger charge is 2.70. The fourth-order valence-electron chi connectivity index (χ4n) is 15.6. The zero-order valence-electron chi connectivity index (χ0n) is 32.9. The number of nitrogens with one attached hydrogen (secondary N) is 1. The summed E-state index contributed by atoms with van der Waals surface area (Å²) in [4.78, 5) is 14.2. The van der Waals surface area contributed by atoms with E-state index in [1.807, 2.05) is 0 Å². The highest BCUT2D eigenvalue weighted by molar-refractivity contribution is 7.91. The lowest BCUT2D eigenvalue weighted by atomic mass is 9.33. The van der Waals surface area contributed by atoms with Gasteiger partial charge in [-0.05, 0) is 171 Å². The molecule has 1 saturated heterocycles. The van der Waals surface area contributed by atoms with Crippen molar-refractivity contribution in [1.29, 1.82) is 0 Å². The molecule has 0 aromatic heterocycles. The first kappa shape index (κ1) is 36.5. The number of aliphatic carboxylic acids is 1. The maximum absolute atomic E-state index is 12.1. The van der Waals surface area contributed by atoms with Crippen LogP contribution in [0.3, 0.4) is 0 Å². The molecule has 8 rings (SSSR count). The van der Waals surface area contributed by atoms with Gasteiger partial charge in [0.1, 0.15) is 9.84 Å². The van der Waals surface area contributed by atoms with Gasteiger partial charge in [0, 0.05) is 24.9 Å². The molecule has 2 N–H and O–H groups in total. The van der Waals surface area contributed by atoms with Crippen LogP contribution in [0.2, 0.25) is 0 Å². The summed E-state index contributed by atoms with van der Waals surface area (Å²) >= 11 is 0. The lowest BCUT2D eigenvalue weighted by Gasteiger charge is -2.72. The number of likely N-dealkylation sites (tertiary alicyclic amines) is 1. The maximum atomic E-state index is 12.1. The van der Waals surface area contributed by atoms with E-state index < -0.39 is 15.8 Å². The van der Waals surface area contributed by atoms with E-state index in [-0.39, 0.29) is 33.5 Å². The highest BCUT2D eigenvalue weighted by atomic mass is 32.2. The second-order valence-electron chi connectivity index (χ2n) is 20.7. The Balaban J connectivity index is 1.01. The number of nitrogens with zero attached hydrogens (tertiary/aromatic N) is 1. The molecule has 0 radical (unpaired) electrons. The van der Waals surface area contributed by atoms with Gasteiger partial charge in [-0.25, -0.2) is 8.42 Å². The first-order chi connectivity index (χ1) is 23.9. The SMILES string of the molecule is C=C(C)C1CCC2(NCCN3CCC(S(C)(=O)=O)CC3)CCC3(C)C(CCC4C5(C)CC=C(C6=CC7C(C6)C7C(=O)O)C(C)(C)C5CCC43C)C12. The number of allylic oxidation sites excluding steroid dienone is 5. The topological polar surface area (TPSA) is 86.7 Å². The molecule has 12 atom stereocenters.